The van der Waals surface area contributed by atoms with Gasteiger partial charge in [0.15, 0.2) is 11.5 Å². The number of hydrogen-bond donors (Lipinski definition) is 2. The van der Waals surface area contributed by atoms with Gasteiger partial charge in [-0.15, -0.1) is 0 Å². The van der Waals surface area contributed by atoms with E-state index >= 15 is 0 Å². The van der Waals surface area contributed by atoms with E-state index in [1.807, 2.05) is 18.2 Å². The van der Waals surface area contributed by atoms with Crippen LogP contribution < -0.4 is 20.1 Å². The van der Waals surface area contributed by atoms with Crippen LogP contribution in [0.15, 0.2) is 42.6 Å². The lowest BCUT2D eigenvalue weighted by Crippen LogP contribution is -2.36. The summed E-state index contributed by atoms with van der Waals surface area (Å²) in [6.45, 7) is 1.07. The molecule has 1 aliphatic carbocycles. The molecule has 2 N–H and O–H groups in total. The molecule has 0 atom stereocenters. The van der Waals surface area contributed by atoms with Crippen LogP contribution >= 0.6 is 0 Å². The van der Waals surface area contributed by atoms with Gasteiger partial charge in [-0.05, 0) is 61.9 Å². The van der Waals surface area contributed by atoms with E-state index in [0.29, 0.717) is 36.1 Å². The SMILES string of the molecule is COc1ccc(C(=O)NCC2CCC(C(=O)NCc3ccccn3)CC2)cc1OC. The summed E-state index contributed by atoms with van der Waals surface area (Å²) in [6, 6.07) is 10.8. The van der Waals surface area contributed by atoms with E-state index in [1.54, 1.807) is 38.6 Å². The Morgan fingerprint density at radius 2 is 1.77 bits per heavy atom. The third-order valence-electron chi connectivity index (χ3n) is 5.58. The Morgan fingerprint density at radius 1 is 1.00 bits per heavy atom. The van der Waals surface area contributed by atoms with Gasteiger partial charge < -0.3 is 20.1 Å². The van der Waals surface area contributed by atoms with Crippen molar-refractivity contribution in [1.82, 2.24) is 15.6 Å². The van der Waals surface area contributed by atoms with Crippen LogP contribution in [-0.2, 0) is 11.3 Å². The van der Waals surface area contributed by atoms with Gasteiger partial charge in [0.05, 0.1) is 26.5 Å². The van der Waals surface area contributed by atoms with Crippen molar-refractivity contribution in [1.29, 1.82) is 0 Å². The van der Waals surface area contributed by atoms with Crippen LogP contribution in [-0.4, -0.2) is 37.6 Å². The Bertz CT molecular complexity index is 849. The van der Waals surface area contributed by atoms with Crippen molar-refractivity contribution >= 4 is 11.8 Å². The second-order valence-corrected chi connectivity index (χ2v) is 7.54. The summed E-state index contributed by atoms with van der Waals surface area (Å²) in [7, 11) is 3.11. The summed E-state index contributed by atoms with van der Waals surface area (Å²) in [5.74, 6) is 1.50. The predicted molar refractivity (Wildman–Crippen MR) is 113 cm³/mol. The number of benzene rings is 1. The molecule has 1 aromatic carbocycles. The molecule has 1 heterocycles. The maximum absolute atomic E-state index is 12.5. The molecular weight excluding hydrogens is 382 g/mol. The lowest BCUT2D eigenvalue weighted by atomic mass is 9.81. The number of nitrogens with one attached hydrogen (secondary N) is 2. The van der Waals surface area contributed by atoms with Gasteiger partial charge >= 0.3 is 0 Å². The van der Waals surface area contributed by atoms with Gasteiger partial charge in [-0.2, -0.15) is 0 Å². The first-order valence-corrected chi connectivity index (χ1v) is 10.3. The second kappa shape index (κ2) is 10.6. The van der Waals surface area contributed by atoms with Crippen LogP contribution in [0, 0.1) is 11.8 Å². The van der Waals surface area contributed by atoms with Crippen molar-refractivity contribution < 1.29 is 19.1 Å². The van der Waals surface area contributed by atoms with Crippen molar-refractivity contribution in [3.8, 4) is 11.5 Å². The monoisotopic (exact) mass is 411 g/mol. The number of aromatic nitrogens is 1. The van der Waals surface area contributed by atoms with Gasteiger partial charge in [-0.1, -0.05) is 6.07 Å². The minimum absolute atomic E-state index is 0.0338. The number of rotatable bonds is 8. The van der Waals surface area contributed by atoms with E-state index in [4.69, 9.17) is 9.47 Å². The van der Waals surface area contributed by atoms with Gasteiger partial charge in [0, 0.05) is 24.2 Å². The van der Waals surface area contributed by atoms with E-state index in [0.717, 1.165) is 31.4 Å². The zero-order chi connectivity index (χ0) is 21.3. The first-order valence-electron chi connectivity index (χ1n) is 10.3. The highest BCUT2D eigenvalue weighted by molar-refractivity contribution is 5.94. The molecule has 1 fully saturated rings. The number of amides is 2. The maximum Gasteiger partial charge on any atom is 0.251 e. The summed E-state index contributed by atoms with van der Waals surface area (Å²) in [5, 5.41) is 5.99. The van der Waals surface area contributed by atoms with Gasteiger partial charge in [0.1, 0.15) is 0 Å². The first kappa shape index (κ1) is 21.6. The van der Waals surface area contributed by atoms with E-state index in [9.17, 15) is 9.59 Å². The molecule has 0 saturated heterocycles. The Labute approximate surface area is 177 Å². The smallest absolute Gasteiger partial charge is 0.251 e. The number of pyridine rings is 1. The molecule has 30 heavy (non-hydrogen) atoms. The van der Waals surface area contributed by atoms with E-state index in [1.165, 1.54) is 0 Å². The van der Waals surface area contributed by atoms with Crippen molar-refractivity contribution in [2.45, 2.75) is 32.2 Å². The largest absolute Gasteiger partial charge is 0.493 e. The van der Waals surface area contributed by atoms with E-state index in [2.05, 4.69) is 15.6 Å². The first-order chi connectivity index (χ1) is 14.6. The number of ether oxygens (including phenoxy) is 2. The second-order valence-electron chi connectivity index (χ2n) is 7.54. The standard InChI is InChI=1S/C23H29N3O4/c1-29-20-11-10-18(13-21(20)30-2)23(28)25-14-16-6-8-17(9-7-16)22(27)26-15-19-5-3-4-12-24-19/h3-5,10-13,16-17H,6-9,14-15H2,1-2H3,(H,25,28)(H,26,27). The molecule has 0 spiro atoms. The van der Waals surface area contributed by atoms with Crippen LogP contribution in [0.1, 0.15) is 41.7 Å². The summed E-state index contributed by atoms with van der Waals surface area (Å²) in [6.07, 6.45) is 5.25. The summed E-state index contributed by atoms with van der Waals surface area (Å²) in [4.78, 5) is 29.1. The van der Waals surface area contributed by atoms with Crippen molar-refractivity contribution in [3.63, 3.8) is 0 Å². The van der Waals surface area contributed by atoms with Crippen LogP contribution in [0.2, 0.25) is 0 Å². The quantitative estimate of drug-likeness (QED) is 0.697. The molecule has 2 aromatic rings. The van der Waals surface area contributed by atoms with E-state index in [-0.39, 0.29) is 17.7 Å². The highest BCUT2D eigenvalue weighted by Gasteiger charge is 2.26. The van der Waals surface area contributed by atoms with Crippen LogP contribution in [0.5, 0.6) is 11.5 Å². The molecule has 7 nitrogen and oxygen atoms in total. The molecule has 1 aromatic heterocycles. The van der Waals surface area contributed by atoms with Crippen molar-refractivity contribution in [3.05, 3.63) is 53.9 Å². The fraction of sp³-hybridized carbons (Fsp3) is 0.435. The third-order valence-corrected chi connectivity index (χ3v) is 5.58. The van der Waals surface area contributed by atoms with Crippen molar-refractivity contribution in [2.75, 3.05) is 20.8 Å². The zero-order valence-corrected chi connectivity index (χ0v) is 17.5. The molecule has 0 unspecified atom stereocenters. The molecule has 3 rings (SSSR count). The van der Waals surface area contributed by atoms with Gasteiger partial charge in [0.2, 0.25) is 5.91 Å². The third kappa shape index (κ3) is 5.72. The minimum Gasteiger partial charge on any atom is -0.493 e. The van der Waals surface area contributed by atoms with Gasteiger partial charge in [-0.25, -0.2) is 0 Å². The summed E-state index contributed by atoms with van der Waals surface area (Å²) < 4.78 is 10.5. The number of carbonyl (C=O) groups excluding carboxylic acids is 2. The lowest BCUT2D eigenvalue weighted by molar-refractivity contribution is -0.126. The molecule has 1 aliphatic rings. The number of methoxy groups -OCH3 is 2. The topological polar surface area (TPSA) is 89.5 Å². The lowest BCUT2D eigenvalue weighted by Gasteiger charge is -2.28. The maximum atomic E-state index is 12.5. The molecule has 2 amide bonds. The Kier molecular flexibility index (Phi) is 7.65. The Balaban J connectivity index is 1.41. The van der Waals surface area contributed by atoms with Crippen LogP contribution in [0.4, 0.5) is 0 Å². The average Bonchev–Trinajstić information content (AvgIpc) is 2.81. The summed E-state index contributed by atoms with van der Waals surface area (Å²) in [5.41, 5.74) is 1.40. The zero-order valence-electron chi connectivity index (χ0n) is 17.5. The number of hydrogen-bond acceptors (Lipinski definition) is 5. The number of nitrogens with zero attached hydrogens (tertiary/aromatic N) is 1. The van der Waals surface area contributed by atoms with Crippen molar-refractivity contribution in [2.24, 2.45) is 11.8 Å². The molecular formula is C23H29N3O4. The molecule has 7 heteroatoms. The fourth-order valence-corrected chi connectivity index (χ4v) is 3.77. The van der Waals surface area contributed by atoms with Crippen LogP contribution in [0.3, 0.4) is 0 Å². The molecule has 0 bridgehead atoms. The average molecular weight is 412 g/mol. The predicted octanol–water partition coefficient (Wildman–Crippen LogP) is 2.95. The molecule has 160 valence electrons. The van der Waals surface area contributed by atoms with Gasteiger partial charge in [0.25, 0.3) is 5.91 Å². The molecule has 0 aliphatic heterocycles. The summed E-state index contributed by atoms with van der Waals surface area (Å²) >= 11 is 0. The van der Waals surface area contributed by atoms with Gasteiger partial charge in [-0.3, -0.25) is 14.6 Å². The van der Waals surface area contributed by atoms with E-state index < -0.39 is 0 Å². The minimum atomic E-state index is -0.133. The fourth-order valence-electron chi connectivity index (χ4n) is 3.77. The highest BCUT2D eigenvalue weighted by atomic mass is 16.5. The molecule has 1 saturated carbocycles. The number of carbonyl (C=O) groups is 2. The Hall–Kier alpha value is -3.09. The normalized spacial score (nSPS) is 18.3. The Morgan fingerprint density at radius 3 is 2.43 bits per heavy atom. The highest BCUT2D eigenvalue weighted by Crippen LogP contribution is 2.29. The molecule has 0 radical (unpaired) electrons. The van der Waals surface area contributed by atoms with Crippen LogP contribution in [0.25, 0.3) is 0 Å².